The zero-order valence-corrected chi connectivity index (χ0v) is 15.3. The zero-order chi connectivity index (χ0) is 18.8. The van der Waals surface area contributed by atoms with Crippen molar-refractivity contribution in [2.24, 2.45) is 0 Å². The molecule has 2 aromatic carbocycles. The van der Waals surface area contributed by atoms with Crippen LogP contribution < -0.4 is 15.4 Å². The van der Waals surface area contributed by atoms with Crippen molar-refractivity contribution in [1.29, 1.82) is 0 Å². The summed E-state index contributed by atoms with van der Waals surface area (Å²) in [4.78, 5) is 24.6. The Bertz CT molecular complexity index is 936. The molecule has 0 amide bonds. The normalized spacial score (nSPS) is 19.0. The van der Waals surface area contributed by atoms with Crippen LogP contribution in [0, 0.1) is 0 Å². The zero-order valence-electron chi connectivity index (χ0n) is 14.5. The van der Waals surface area contributed by atoms with E-state index in [0.717, 1.165) is 29.7 Å². The summed E-state index contributed by atoms with van der Waals surface area (Å²) in [7, 11) is 0. The number of esters is 1. The van der Waals surface area contributed by atoms with Crippen molar-refractivity contribution in [3.8, 4) is 5.75 Å². The molecule has 4 rings (SSSR count). The van der Waals surface area contributed by atoms with Gasteiger partial charge in [0.1, 0.15) is 5.75 Å². The average molecular weight is 378 g/mol. The first-order valence-corrected chi connectivity index (χ1v) is 9.23. The Morgan fingerprint density at radius 2 is 1.78 bits per heavy atom. The van der Waals surface area contributed by atoms with Gasteiger partial charge in [-0.05, 0) is 54.9 Å². The summed E-state index contributed by atoms with van der Waals surface area (Å²) >= 11 is 5.29. The molecule has 27 heavy (non-hydrogen) atoms. The minimum Gasteiger partial charge on any atom is -0.423 e. The fourth-order valence-corrected chi connectivity index (χ4v) is 3.66. The number of hydrogen-bond acceptors (Lipinski definition) is 4. The van der Waals surface area contributed by atoms with Gasteiger partial charge in [-0.2, -0.15) is 0 Å². The third-order valence-corrected chi connectivity index (χ3v) is 4.94. The van der Waals surface area contributed by atoms with E-state index < -0.39 is 5.97 Å². The van der Waals surface area contributed by atoms with Gasteiger partial charge in [0, 0.05) is 17.7 Å². The van der Waals surface area contributed by atoms with Gasteiger partial charge in [0.05, 0.1) is 11.6 Å². The van der Waals surface area contributed by atoms with Crippen molar-refractivity contribution in [2.75, 3.05) is 0 Å². The first-order chi connectivity index (χ1) is 13.1. The second kappa shape index (κ2) is 7.32. The van der Waals surface area contributed by atoms with Gasteiger partial charge in [-0.1, -0.05) is 30.3 Å². The highest BCUT2D eigenvalue weighted by Gasteiger charge is 2.33. The fourth-order valence-electron chi connectivity index (χ4n) is 3.42. The van der Waals surface area contributed by atoms with Gasteiger partial charge in [-0.3, -0.25) is 4.79 Å². The summed E-state index contributed by atoms with van der Waals surface area (Å²) in [6.07, 6.45) is 2.22. The first-order valence-electron chi connectivity index (χ1n) is 8.83. The van der Waals surface area contributed by atoms with Crippen LogP contribution in [0.2, 0.25) is 0 Å². The van der Waals surface area contributed by atoms with E-state index in [1.807, 2.05) is 18.2 Å². The highest BCUT2D eigenvalue weighted by atomic mass is 32.1. The number of Topliss-reactive ketones (excluding diaryl/α,β-unsaturated/α-hetero) is 1. The summed E-state index contributed by atoms with van der Waals surface area (Å²) in [6, 6.07) is 15.7. The Balaban J connectivity index is 1.56. The molecule has 0 fully saturated rings. The summed E-state index contributed by atoms with van der Waals surface area (Å²) < 4.78 is 5.42. The summed E-state index contributed by atoms with van der Waals surface area (Å²) in [5.74, 6) is 0.189. The fraction of sp³-hybridized carbons (Fsp3) is 0.190. The van der Waals surface area contributed by atoms with E-state index in [2.05, 4.69) is 10.6 Å². The lowest BCUT2D eigenvalue weighted by Crippen LogP contribution is -2.46. The number of ketones is 1. The molecule has 1 heterocycles. The molecule has 1 aliphatic carbocycles. The van der Waals surface area contributed by atoms with Crippen LogP contribution in [0.25, 0.3) is 0 Å². The summed E-state index contributed by atoms with van der Waals surface area (Å²) in [5.41, 5.74) is 3.07. The van der Waals surface area contributed by atoms with Crippen molar-refractivity contribution < 1.29 is 14.3 Å². The molecule has 2 N–H and O–H groups in total. The van der Waals surface area contributed by atoms with Crippen molar-refractivity contribution in [1.82, 2.24) is 10.6 Å². The van der Waals surface area contributed by atoms with Gasteiger partial charge >= 0.3 is 5.97 Å². The van der Waals surface area contributed by atoms with E-state index in [4.69, 9.17) is 17.0 Å². The minimum atomic E-state index is -0.406. The predicted octanol–water partition coefficient (Wildman–Crippen LogP) is 3.43. The number of allylic oxidation sites excluding steroid dienone is 1. The SMILES string of the molecule is O=C1CCCC2=C1C(c1ccc(OC(=O)c3ccccc3)cc1)NC(=S)N2. The number of carbonyl (C=O) groups excluding carboxylic acids is 2. The number of rotatable bonds is 3. The lowest BCUT2D eigenvalue weighted by atomic mass is 9.85. The molecule has 1 aliphatic heterocycles. The van der Waals surface area contributed by atoms with E-state index in [1.54, 1.807) is 36.4 Å². The molecule has 136 valence electrons. The molecule has 0 radical (unpaired) electrons. The van der Waals surface area contributed by atoms with E-state index in [-0.39, 0.29) is 11.8 Å². The average Bonchev–Trinajstić information content (AvgIpc) is 2.68. The monoisotopic (exact) mass is 378 g/mol. The molecule has 0 saturated carbocycles. The molecule has 1 atom stereocenters. The van der Waals surface area contributed by atoms with Gasteiger partial charge in [0.2, 0.25) is 0 Å². The largest absolute Gasteiger partial charge is 0.423 e. The molecule has 6 heteroatoms. The number of thiocarbonyl (C=S) groups is 1. The molecule has 0 bridgehead atoms. The molecule has 2 aromatic rings. The second-order valence-corrected chi connectivity index (χ2v) is 6.93. The Hall–Kier alpha value is -2.99. The van der Waals surface area contributed by atoms with E-state index in [0.29, 0.717) is 22.8 Å². The second-order valence-electron chi connectivity index (χ2n) is 6.53. The molecule has 2 aliphatic rings. The quantitative estimate of drug-likeness (QED) is 0.485. The Morgan fingerprint density at radius 3 is 2.52 bits per heavy atom. The van der Waals surface area contributed by atoms with Gasteiger partial charge in [-0.15, -0.1) is 0 Å². The highest BCUT2D eigenvalue weighted by Crippen LogP contribution is 2.34. The topological polar surface area (TPSA) is 67.4 Å². The maximum atomic E-state index is 12.4. The molecular weight excluding hydrogens is 360 g/mol. The maximum absolute atomic E-state index is 12.4. The number of benzene rings is 2. The maximum Gasteiger partial charge on any atom is 0.343 e. The first kappa shape index (κ1) is 17.4. The highest BCUT2D eigenvalue weighted by molar-refractivity contribution is 7.80. The van der Waals surface area contributed by atoms with Crippen LogP contribution in [-0.2, 0) is 4.79 Å². The predicted molar refractivity (Wildman–Crippen MR) is 105 cm³/mol. The van der Waals surface area contributed by atoms with E-state index >= 15 is 0 Å². The Kier molecular flexibility index (Phi) is 4.73. The lowest BCUT2D eigenvalue weighted by molar-refractivity contribution is -0.116. The molecule has 0 aromatic heterocycles. The van der Waals surface area contributed by atoms with E-state index in [9.17, 15) is 9.59 Å². The number of carbonyl (C=O) groups is 2. The van der Waals surface area contributed by atoms with Crippen molar-refractivity contribution in [2.45, 2.75) is 25.3 Å². The summed E-state index contributed by atoms with van der Waals surface area (Å²) in [6.45, 7) is 0. The van der Waals surface area contributed by atoms with Crippen LogP contribution in [0.1, 0.15) is 41.2 Å². The molecular formula is C21H18N2O3S. The van der Waals surface area contributed by atoms with Crippen LogP contribution in [0.3, 0.4) is 0 Å². The number of nitrogens with one attached hydrogen (secondary N) is 2. The molecule has 1 unspecified atom stereocenters. The molecule has 0 saturated heterocycles. The Morgan fingerprint density at radius 1 is 1.04 bits per heavy atom. The summed E-state index contributed by atoms with van der Waals surface area (Å²) in [5, 5.41) is 6.82. The number of hydrogen-bond donors (Lipinski definition) is 2. The van der Waals surface area contributed by atoms with Gasteiger partial charge in [0.25, 0.3) is 0 Å². The van der Waals surface area contributed by atoms with E-state index in [1.165, 1.54) is 0 Å². The van der Waals surface area contributed by atoms with Gasteiger partial charge in [0.15, 0.2) is 10.9 Å². The van der Waals surface area contributed by atoms with Crippen molar-refractivity contribution in [3.63, 3.8) is 0 Å². The minimum absolute atomic E-state index is 0.142. The van der Waals surface area contributed by atoms with Gasteiger partial charge < -0.3 is 15.4 Å². The van der Waals surface area contributed by atoms with Crippen LogP contribution in [0.4, 0.5) is 0 Å². The van der Waals surface area contributed by atoms with Crippen molar-refractivity contribution >= 4 is 29.1 Å². The third-order valence-electron chi connectivity index (χ3n) is 4.72. The van der Waals surface area contributed by atoms with Crippen LogP contribution in [0.5, 0.6) is 5.75 Å². The smallest absolute Gasteiger partial charge is 0.343 e. The van der Waals surface area contributed by atoms with Gasteiger partial charge in [-0.25, -0.2) is 4.79 Å². The van der Waals surface area contributed by atoms with Crippen LogP contribution >= 0.6 is 12.2 Å². The molecule has 0 spiro atoms. The van der Waals surface area contributed by atoms with Crippen molar-refractivity contribution in [3.05, 3.63) is 77.0 Å². The Labute approximate surface area is 162 Å². The molecule has 5 nitrogen and oxygen atoms in total. The van der Waals surface area contributed by atoms with Crippen LogP contribution in [-0.4, -0.2) is 16.9 Å². The van der Waals surface area contributed by atoms with Crippen LogP contribution in [0.15, 0.2) is 65.9 Å². The standard InChI is InChI=1S/C21H18N2O3S/c24-17-8-4-7-16-18(17)19(23-21(27)22-16)13-9-11-15(12-10-13)26-20(25)14-5-2-1-3-6-14/h1-3,5-6,9-12,19H,4,7-8H2,(H2,22,23,27). The third kappa shape index (κ3) is 3.61. The number of ether oxygens (including phenoxy) is 1. The lowest BCUT2D eigenvalue weighted by Gasteiger charge is -2.33.